The molecule has 0 radical (unpaired) electrons. The molecule has 0 aliphatic carbocycles. The van der Waals surface area contributed by atoms with E-state index in [-0.39, 0.29) is 6.04 Å². The molecule has 1 aromatic carbocycles. The molecule has 2 atom stereocenters. The summed E-state index contributed by atoms with van der Waals surface area (Å²) in [6, 6.07) is 6.24. The van der Waals surface area contributed by atoms with E-state index in [0.29, 0.717) is 5.75 Å². The molecular formula is C12H18BrNO2S. The Labute approximate surface area is 114 Å². The van der Waals surface area contributed by atoms with E-state index in [2.05, 4.69) is 21.2 Å². The summed E-state index contributed by atoms with van der Waals surface area (Å²) < 4.78 is 17.2. The van der Waals surface area contributed by atoms with E-state index >= 15 is 0 Å². The number of hydrogen-bond donors (Lipinski definition) is 1. The lowest BCUT2D eigenvalue weighted by Crippen LogP contribution is -2.30. The summed E-state index contributed by atoms with van der Waals surface area (Å²) in [5.74, 6) is 1.51. The second kappa shape index (κ2) is 7.13. The highest BCUT2D eigenvalue weighted by atomic mass is 79.9. The van der Waals surface area contributed by atoms with Crippen LogP contribution in [0.25, 0.3) is 0 Å². The minimum absolute atomic E-state index is 0.252. The van der Waals surface area contributed by atoms with Gasteiger partial charge in [-0.3, -0.25) is 4.21 Å². The largest absolute Gasteiger partial charge is 0.496 e. The highest BCUT2D eigenvalue weighted by Crippen LogP contribution is 2.25. The molecule has 2 unspecified atom stereocenters. The number of methoxy groups -OCH3 is 1. The molecule has 0 aliphatic heterocycles. The summed E-state index contributed by atoms with van der Waals surface area (Å²) in [5, 5.41) is 3.34. The van der Waals surface area contributed by atoms with Crippen molar-refractivity contribution in [2.24, 2.45) is 0 Å². The zero-order chi connectivity index (χ0) is 12.8. The molecule has 1 N–H and O–H groups in total. The monoisotopic (exact) mass is 319 g/mol. The molecule has 0 saturated carbocycles. The van der Waals surface area contributed by atoms with Crippen molar-refractivity contribution in [3.05, 3.63) is 28.2 Å². The zero-order valence-electron chi connectivity index (χ0n) is 10.3. The first-order chi connectivity index (χ1) is 8.02. The van der Waals surface area contributed by atoms with Crippen molar-refractivity contribution < 1.29 is 8.95 Å². The van der Waals surface area contributed by atoms with E-state index < -0.39 is 10.8 Å². The van der Waals surface area contributed by atoms with Gasteiger partial charge in [-0.25, -0.2) is 0 Å². The van der Waals surface area contributed by atoms with Crippen LogP contribution in [0.2, 0.25) is 0 Å². The lowest BCUT2D eigenvalue weighted by molar-refractivity contribution is 0.412. The van der Waals surface area contributed by atoms with Gasteiger partial charge in [0.25, 0.3) is 0 Å². The number of nitrogens with one attached hydrogen (secondary N) is 1. The number of rotatable bonds is 6. The Morgan fingerprint density at radius 1 is 1.53 bits per heavy atom. The van der Waals surface area contributed by atoms with Crippen LogP contribution in [0.4, 0.5) is 0 Å². The first-order valence-electron chi connectivity index (χ1n) is 5.38. The minimum Gasteiger partial charge on any atom is -0.496 e. The fraction of sp³-hybridized carbons (Fsp3) is 0.500. The summed E-state index contributed by atoms with van der Waals surface area (Å²) >= 11 is 3.45. The number of benzene rings is 1. The van der Waals surface area contributed by atoms with Crippen molar-refractivity contribution in [3.63, 3.8) is 0 Å². The number of ether oxygens (including phenoxy) is 1. The third kappa shape index (κ3) is 5.19. The molecule has 96 valence electrons. The average Bonchev–Trinajstić information content (AvgIpc) is 2.25. The van der Waals surface area contributed by atoms with Crippen molar-refractivity contribution in [2.75, 3.05) is 19.1 Å². The van der Waals surface area contributed by atoms with Gasteiger partial charge in [0.2, 0.25) is 0 Å². The molecule has 0 bridgehead atoms. The van der Waals surface area contributed by atoms with Crippen LogP contribution in [0, 0.1) is 0 Å². The molecule has 0 aromatic heterocycles. The molecule has 0 fully saturated rings. The summed E-state index contributed by atoms with van der Waals surface area (Å²) in [7, 11) is 0.895. The van der Waals surface area contributed by atoms with Crippen LogP contribution in [0.5, 0.6) is 5.75 Å². The van der Waals surface area contributed by atoms with Crippen molar-refractivity contribution >= 4 is 26.7 Å². The summed E-state index contributed by atoms with van der Waals surface area (Å²) in [6.07, 6.45) is 1.72. The Morgan fingerprint density at radius 3 is 2.76 bits per heavy atom. The van der Waals surface area contributed by atoms with Crippen LogP contribution < -0.4 is 10.1 Å². The van der Waals surface area contributed by atoms with E-state index in [1.165, 1.54) is 5.56 Å². The molecule has 1 rings (SSSR count). The van der Waals surface area contributed by atoms with Crippen molar-refractivity contribution in [3.8, 4) is 5.75 Å². The first-order valence-corrected chi connectivity index (χ1v) is 7.90. The molecule has 17 heavy (non-hydrogen) atoms. The van der Waals surface area contributed by atoms with Crippen LogP contribution in [0.15, 0.2) is 22.7 Å². The lowest BCUT2D eigenvalue weighted by Gasteiger charge is -2.13. The van der Waals surface area contributed by atoms with E-state index in [0.717, 1.165) is 16.8 Å². The van der Waals surface area contributed by atoms with E-state index in [1.807, 2.05) is 25.1 Å². The normalized spacial score (nSPS) is 14.4. The molecule has 0 saturated heterocycles. The van der Waals surface area contributed by atoms with Gasteiger partial charge in [0, 0.05) is 35.4 Å². The SMILES string of the molecule is COc1ccc(CNC(C)CS(C)=O)cc1Br. The van der Waals surface area contributed by atoms with Gasteiger partial charge < -0.3 is 10.1 Å². The maximum Gasteiger partial charge on any atom is 0.133 e. The van der Waals surface area contributed by atoms with E-state index in [9.17, 15) is 4.21 Å². The van der Waals surface area contributed by atoms with Gasteiger partial charge in [-0.1, -0.05) is 6.07 Å². The summed E-state index contributed by atoms with van der Waals surface area (Å²) in [5.41, 5.74) is 1.17. The molecule has 3 nitrogen and oxygen atoms in total. The van der Waals surface area contributed by atoms with Gasteiger partial charge in [0.05, 0.1) is 11.6 Å². The minimum atomic E-state index is -0.755. The third-order valence-corrected chi connectivity index (χ3v) is 3.94. The Bertz CT molecular complexity index is 398. The van der Waals surface area contributed by atoms with Crippen molar-refractivity contribution in [1.29, 1.82) is 0 Å². The van der Waals surface area contributed by atoms with Crippen molar-refractivity contribution in [1.82, 2.24) is 5.32 Å². The molecule has 0 amide bonds. The molecule has 0 spiro atoms. The summed E-state index contributed by atoms with van der Waals surface area (Å²) in [6.45, 7) is 2.81. The Kier molecular flexibility index (Phi) is 6.16. The molecule has 0 aliphatic rings. The zero-order valence-corrected chi connectivity index (χ0v) is 12.7. The van der Waals surface area contributed by atoms with Crippen LogP contribution in [0.1, 0.15) is 12.5 Å². The molecule has 0 heterocycles. The van der Waals surface area contributed by atoms with Gasteiger partial charge >= 0.3 is 0 Å². The van der Waals surface area contributed by atoms with Crippen LogP contribution >= 0.6 is 15.9 Å². The molecule has 5 heteroatoms. The molecular weight excluding hydrogens is 302 g/mol. The average molecular weight is 320 g/mol. The van der Waals surface area contributed by atoms with Gasteiger partial charge in [0.1, 0.15) is 5.75 Å². The fourth-order valence-electron chi connectivity index (χ4n) is 1.52. The molecule has 1 aromatic rings. The second-order valence-corrected chi connectivity index (χ2v) is 6.32. The van der Waals surface area contributed by atoms with E-state index in [4.69, 9.17) is 4.74 Å². The van der Waals surface area contributed by atoms with Gasteiger partial charge in [-0.2, -0.15) is 0 Å². The maximum absolute atomic E-state index is 11.1. The first kappa shape index (κ1) is 14.7. The van der Waals surface area contributed by atoms with Gasteiger partial charge in [-0.05, 0) is 40.5 Å². The quantitative estimate of drug-likeness (QED) is 0.874. The van der Waals surface area contributed by atoms with Gasteiger partial charge in [-0.15, -0.1) is 0 Å². The topological polar surface area (TPSA) is 38.3 Å². The van der Waals surface area contributed by atoms with Gasteiger partial charge in [0.15, 0.2) is 0 Å². The number of halogens is 1. The number of hydrogen-bond acceptors (Lipinski definition) is 3. The van der Waals surface area contributed by atoms with E-state index in [1.54, 1.807) is 13.4 Å². The highest BCUT2D eigenvalue weighted by molar-refractivity contribution is 9.10. The lowest BCUT2D eigenvalue weighted by atomic mass is 10.2. The highest BCUT2D eigenvalue weighted by Gasteiger charge is 2.05. The van der Waals surface area contributed by atoms with Crippen molar-refractivity contribution in [2.45, 2.75) is 19.5 Å². The Morgan fingerprint density at radius 2 is 2.24 bits per heavy atom. The second-order valence-electron chi connectivity index (χ2n) is 3.99. The Hall–Kier alpha value is -0.390. The van der Waals surface area contributed by atoms with Crippen LogP contribution in [-0.4, -0.2) is 29.4 Å². The predicted octanol–water partition coefficient (Wildman–Crippen LogP) is 2.31. The maximum atomic E-state index is 11.1. The van der Waals surface area contributed by atoms with Crippen LogP contribution in [-0.2, 0) is 17.3 Å². The third-order valence-electron chi connectivity index (χ3n) is 2.36. The predicted molar refractivity (Wildman–Crippen MR) is 75.9 cm³/mol. The smallest absolute Gasteiger partial charge is 0.133 e. The fourth-order valence-corrected chi connectivity index (χ4v) is 2.93. The Balaban J connectivity index is 2.52. The van der Waals surface area contributed by atoms with Crippen LogP contribution in [0.3, 0.4) is 0 Å². The summed E-state index contributed by atoms with van der Waals surface area (Å²) in [4.78, 5) is 0. The standard InChI is InChI=1S/C12H18BrNO2S/c1-9(8-17(3)15)14-7-10-4-5-12(16-2)11(13)6-10/h4-6,9,14H,7-8H2,1-3H3.